The average Bonchev–Trinajstić information content (AvgIpc) is 3.10. The Balaban J connectivity index is 1.62. The standard InChI is InChI=1S/C21H26N2O2/c1-16-12-19(25-15-18-8-4-3-5-9-18)13-17(2)21(16)22-20(24)14-23-10-6-7-11-23/h3-5,8-9,12-13H,6-7,10-11,14-15H2,1-2H3,(H,22,24). The zero-order valence-corrected chi connectivity index (χ0v) is 15.0. The molecule has 1 N–H and O–H groups in total. The van der Waals surface area contributed by atoms with E-state index in [1.165, 1.54) is 12.8 Å². The van der Waals surface area contributed by atoms with Crippen LogP contribution in [0, 0.1) is 13.8 Å². The number of aryl methyl sites for hydroxylation is 2. The van der Waals surface area contributed by atoms with Crippen molar-refractivity contribution in [2.45, 2.75) is 33.3 Å². The molecule has 25 heavy (non-hydrogen) atoms. The molecule has 1 saturated heterocycles. The van der Waals surface area contributed by atoms with Gasteiger partial charge in [-0.25, -0.2) is 0 Å². The number of nitrogens with zero attached hydrogens (tertiary/aromatic N) is 1. The number of rotatable bonds is 6. The number of benzene rings is 2. The number of likely N-dealkylation sites (tertiary alicyclic amines) is 1. The summed E-state index contributed by atoms with van der Waals surface area (Å²) in [6.07, 6.45) is 2.39. The van der Waals surface area contributed by atoms with Crippen LogP contribution in [0.15, 0.2) is 42.5 Å². The smallest absolute Gasteiger partial charge is 0.238 e. The van der Waals surface area contributed by atoms with Crippen LogP contribution in [-0.2, 0) is 11.4 Å². The van der Waals surface area contributed by atoms with Crippen LogP contribution in [0.5, 0.6) is 5.75 Å². The van der Waals surface area contributed by atoms with Gasteiger partial charge in [0.2, 0.25) is 5.91 Å². The predicted molar refractivity (Wildman–Crippen MR) is 101 cm³/mol. The van der Waals surface area contributed by atoms with Gasteiger partial charge in [-0.15, -0.1) is 0 Å². The normalized spacial score (nSPS) is 14.5. The molecule has 1 heterocycles. The van der Waals surface area contributed by atoms with E-state index < -0.39 is 0 Å². The maximum atomic E-state index is 12.3. The third-order valence-corrected chi connectivity index (χ3v) is 4.58. The Labute approximate surface area is 149 Å². The number of nitrogens with one attached hydrogen (secondary N) is 1. The van der Waals surface area contributed by atoms with Gasteiger partial charge in [0.1, 0.15) is 12.4 Å². The van der Waals surface area contributed by atoms with Crippen molar-refractivity contribution in [1.82, 2.24) is 4.90 Å². The summed E-state index contributed by atoms with van der Waals surface area (Å²) in [5.74, 6) is 0.891. The summed E-state index contributed by atoms with van der Waals surface area (Å²) in [6.45, 7) is 7.09. The molecule has 0 unspecified atom stereocenters. The molecule has 1 fully saturated rings. The zero-order chi connectivity index (χ0) is 17.6. The molecule has 0 aromatic heterocycles. The largest absolute Gasteiger partial charge is 0.489 e. The maximum Gasteiger partial charge on any atom is 0.238 e. The predicted octanol–water partition coefficient (Wildman–Crippen LogP) is 3.92. The van der Waals surface area contributed by atoms with E-state index in [0.717, 1.165) is 41.2 Å². The third kappa shape index (κ3) is 4.83. The lowest BCUT2D eigenvalue weighted by Gasteiger charge is -2.17. The fourth-order valence-electron chi connectivity index (χ4n) is 3.27. The minimum atomic E-state index is 0.0612. The summed E-state index contributed by atoms with van der Waals surface area (Å²) < 4.78 is 5.90. The molecule has 1 aliphatic heterocycles. The van der Waals surface area contributed by atoms with Crippen LogP contribution in [0.3, 0.4) is 0 Å². The van der Waals surface area contributed by atoms with Crippen molar-refractivity contribution in [3.63, 3.8) is 0 Å². The maximum absolute atomic E-state index is 12.3. The van der Waals surface area contributed by atoms with E-state index in [-0.39, 0.29) is 5.91 Å². The van der Waals surface area contributed by atoms with Gasteiger partial charge in [-0.2, -0.15) is 0 Å². The molecule has 2 aromatic carbocycles. The lowest BCUT2D eigenvalue weighted by molar-refractivity contribution is -0.117. The number of amides is 1. The van der Waals surface area contributed by atoms with Gasteiger partial charge in [0.05, 0.1) is 6.54 Å². The van der Waals surface area contributed by atoms with E-state index in [1.807, 2.05) is 56.3 Å². The monoisotopic (exact) mass is 338 g/mol. The molecule has 0 aliphatic carbocycles. The van der Waals surface area contributed by atoms with Crippen molar-refractivity contribution >= 4 is 11.6 Å². The molecule has 0 spiro atoms. The number of hydrogen-bond acceptors (Lipinski definition) is 3. The van der Waals surface area contributed by atoms with Gasteiger partial charge in [-0.3, -0.25) is 9.69 Å². The molecule has 1 aliphatic rings. The topological polar surface area (TPSA) is 41.6 Å². The highest BCUT2D eigenvalue weighted by Gasteiger charge is 2.16. The highest BCUT2D eigenvalue weighted by Crippen LogP contribution is 2.27. The second kappa shape index (κ2) is 8.17. The van der Waals surface area contributed by atoms with E-state index >= 15 is 0 Å². The minimum Gasteiger partial charge on any atom is -0.489 e. The van der Waals surface area contributed by atoms with Crippen molar-refractivity contribution in [2.24, 2.45) is 0 Å². The Bertz CT molecular complexity index is 699. The highest BCUT2D eigenvalue weighted by atomic mass is 16.5. The first-order valence-corrected chi connectivity index (χ1v) is 8.92. The summed E-state index contributed by atoms with van der Waals surface area (Å²) in [5, 5.41) is 3.07. The van der Waals surface area contributed by atoms with E-state index in [0.29, 0.717) is 13.2 Å². The van der Waals surface area contributed by atoms with Gasteiger partial charge in [0, 0.05) is 5.69 Å². The van der Waals surface area contributed by atoms with E-state index in [4.69, 9.17) is 4.74 Å². The van der Waals surface area contributed by atoms with Crippen LogP contribution in [0.1, 0.15) is 29.5 Å². The highest BCUT2D eigenvalue weighted by molar-refractivity contribution is 5.93. The first-order valence-electron chi connectivity index (χ1n) is 8.92. The van der Waals surface area contributed by atoms with E-state index in [1.54, 1.807) is 0 Å². The summed E-state index contributed by atoms with van der Waals surface area (Å²) in [5.41, 5.74) is 4.09. The minimum absolute atomic E-state index is 0.0612. The number of hydrogen-bond donors (Lipinski definition) is 1. The number of ether oxygens (including phenoxy) is 1. The first kappa shape index (κ1) is 17.5. The second-order valence-electron chi connectivity index (χ2n) is 6.74. The molecule has 132 valence electrons. The second-order valence-corrected chi connectivity index (χ2v) is 6.74. The molecule has 0 saturated carbocycles. The number of anilines is 1. The Kier molecular flexibility index (Phi) is 5.71. The third-order valence-electron chi connectivity index (χ3n) is 4.58. The molecule has 4 heteroatoms. The van der Waals surface area contributed by atoms with Crippen LogP contribution in [0.4, 0.5) is 5.69 Å². The Morgan fingerprint density at radius 3 is 2.36 bits per heavy atom. The molecule has 0 bridgehead atoms. The van der Waals surface area contributed by atoms with Gasteiger partial charge < -0.3 is 10.1 Å². The van der Waals surface area contributed by atoms with Crippen molar-refractivity contribution in [1.29, 1.82) is 0 Å². The zero-order valence-electron chi connectivity index (χ0n) is 15.0. The van der Waals surface area contributed by atoms with Gasteiger partial charge in [-0.05, 0) is 68.6 Å². The van der Waals surface area contributed by atoms with Crippen molar-refractivity contribution in [3.05, 3.63) is 59.2 Å². The van der Waals surface area contributed by atoms with Crippen LogP contribution < -0.4 is 10.1 Å². The average molecular weight is 338 g/mol. The summed E-state index contributed by atoms with van der Waals surface area (Å²) >= 11 is 0. The quantitative estimate of drug-likeness (QED) is 0.868. The summed E-state index contributed by atoms with van der Waals surface area (Å²) in [6, 6.07) is 14.1. The SMILES string of the molecule is Cc1cc(OCc2ccccc2)cc(C)c1NC(=O)CN1CCCC1. The molecular weight excluding hydrogens is 312 g/mol. The van der Waals surface area contributed by atoms with Gasteiger partial charge >= 0.3 is 0 Å². The van der Waals surface area contributed by atoms with E-state index in [2.05, 4.69) is 10.2 Å². The molecule has 0 atom stereocenters. The molecular formula is C21H26N2O2. The van der Waals surface area contributed by atoms with Crippen LogP contribution >= 0.6 is 0 Å². The first-order chi connectivity index (χ1) is 12.1. The van der Waals surface area contributed by atoms with E-state index in [9.17, 15) is 4.79 Å². The Morgan fingerprint density at radius 2 is 1.72 bits per heavy atom. The number of carbonyl (C=O) groups is 1. The lowest BCUT2D eigenvalue weighted by atomic mass is 10.1. The fraction of sp³-hybridized carbons (Fsp3) is 0.381. The van der Waals surface area contributed by atoms with Crippen molar-refractivity contribution in [2.75, 3.05) is 25.0 Å². The van der Waals surface area contributed by atoms with Crippen LogP contribution in [0.25, 0.3) is 0 Å². The molecule has 2 aromatic rings. The molecule has 3 rings (SSSR count). The van der Waals surface area contributed by atoms with Gasteiger partial charge in [0.15, 0.2) is 0 Å². The summed E-state index contributed by atoms with van der Waals surface area (Å²) in [4.78, 5) is 14.5. The Morgan fingerprint density at radius 1 is 1.08 bits per heavy atom. The van der Waals surface area contributed by atoms with Gasteiger partial charge in [-0.1, -0.05) is 30.3 Å². The number of carbonyl (C=O) groups excluding carboxylic acids is 1. The lowest BCUT2D eigenvalue weighted by Crippen LogP contribution is -2.31. The van der Waals surface area contributed by atoms with Gasteiger partial charge in [0.25, 0.3) is 0 Å². The van der Waals surface area contributed by atoms with Crippen molar-refractivity contribution < 1.29 is 9.53 Å². The molecule has 1 amide bonds. The fourth-order valence-corrected chi connectivity index (χ4v) is 3.27. The van der Waals surface area contributed by atoms with Crippen LogP contribution in [-0.4, -0.2) is 30.4 Å². The Hall–Kier alpha value is -2.33. The molecule has 4 nitrogen and oxygen atoms in total. The van der Waals surface area contributed by atoms with Crippen LogP contribution in [0.2, 0.25) is 0 Å². The molecule has 0 radical (unpaired) electrons. The van der Waals surface area contributed by atoms with Crippen molar-refractivity contribution in [3.8, 4) is 5.75 Å². The summed E-state index contributed by atoms with van der Waals surface area (Å²) in [7, 11) is 0.